The highest BCUT2D eigenvalue weighted by Gasteiger charge is 2.23. The summed E-state index contributed by atoms with van der Waals surface area (Å²) in [5.41, 5.74) is 1.96. The summed E-state index contributed by atoms with van der Waals surface area (Å²) < 4.78 is 19.1. The number of anilines is 1. The van der Waals surface area contributed by atoms with Crippen LogP contribution in [-0.4, -0.2) is 17.9 Å². The Morgan fingerprint density at radius 3 is 2.94 bits per heavy atom. The van der Waals surface area contributed by atoms with Crippen LogP contribution in [0.5, 0.6) is 0 Å². The molecule has 5 heteroatoms. The summed E-state index contributed by atoms with van der Waals surface area (Å²) in [4.78, 5) is 16.8. The van der Waals surface area contributed by atoms with E-state index in [-0.39, 0.29) is 5.91 Å². The number of amides is 1. The molecular weight excluding hydrogens is 235 g/mol. The Balaban J connectivity index is 2.14. The van der Waals surface area contributed by atoms with E-state index >= 15 is 0 Å². The predicted octanol–water partition coefficient (Wildman–Crippen LogP) is 2.39. The fourth-order valence-corrected chi connectivity index (χ4v) is 2.20. The summed E-state index contributed by atoms with van der Waals surface area (Å²) in [5, 5.41) is 0. The Morgan fingerprint density at radius 1 is 1.39 bits per heavy atom. The number of rotatable bonds is 1. The fourth-order valence-electron chi connectivity index (χ4n) is 2.20. The van der Waals surface area contributed by atoms with Gasteiger partial charge >= 0.3 is 0 Å². The molecule has 0 aliphatic carbocycles. The number of benzene rings is 1. The molecule has 0 bridgehead atoms. The number of hydrogen-bond acceptors (Lipinski definition) is 3. The van der Waals surface area contributed by atoms with Gasteiger partial charge in [0.25, 0.3) is 0 Å². The molecule has 2 heterocycles. The number of carbonyl (C=O) groups excluding carboxylic acids is 1. The molecule has 0 spiro atoms. The summed E-state index contributed by atoms with van der Waals surface area (Å²) >= 11 is 0. The highest BCUT2D eigenvalue weighted by molar-refractivity contribution is 5.96. The summed E-state index contributed by atoms with van der Waals surface area (Å²) in [5.74, 6) is -0.00350. The highest BCUT2D eigenvalue weighted by atomic mass is 19.1. The lowest BCUT2D eigenvalue weighted by Gasteiger charge is -2.26. The van der Waals surface area contributed by atoms with Gasteiger partial charge in [0.05, 0.1) is 11.8 Å². The van der Waals surface area contributed by atoms with Crippen molar-refractivity contribution in [3.05, 3.63) is 36.1 Å². The molecule has 18 heavy (non-hydrogen) atoms. The molecule has 1 aromatic carbocycles. The quantitative estimate of drug-likeness (QED) is 0.776. The number of oxazole rings is 1. The van der Waals surface area contributed by atoms with Gasteiger partial charge < -0.3 is 9.32 Å². The Labute approximate surface area is 103 Å². The topological polar surface area (TPSA) is 46.3 Å². The van der Waals surface area contributed by atoms with E-state index < -0.39 is 5.82 Å². The predicted molar refractivity (Wildman–Crippen MR) is 63.6 cm³/mol. The van der Waals surface area contributed by atoms with Crippen LogP contribution in [0.3, 0.4) is 0 Å². The summed E-state index contributed by atoms with van der Waals surface area (Å²) in [7, 11) is 1.66. The molecule has 0 saturated carbocycles. The van der Waals surface area contributed by atoms with Crippen molar-refractivity contribution in [1.29, 1.82) is 0 Å². The summed E-state index contributed by atoms with van der Waals surface area (Å²) in [6.45, 7) is 0. The molecule has 0 atom stereocenters. The fraction of sp³-hybridized carbons (Fsp3) is 0.231. The molecule has 0 radical (unpaired) electrons. The molecule has 1 aliphatic heterocycles. The molecule has 92 valence electrons. The zero-order valence-electron chi connectivity index (χ0n) is 9.81. The van der Waals surface area contributed by atoms with E-state index in [2.05, 4.69) is 4.98 Å². The van der Waals surface area contributed by atoms with Gasteiger partial charge in [-0.2, -0.15) is 0 Å². The van der Waals surface area contributed by atoms with Gasteiger partial charge in [-0.25, -0.2) is 9.37 Å². The molecule has 0 fully saturated rings. The van der Waals surface area contributed by atoms with Gasteiger partial charge in [0.15, 0.2) is 12.2 Å². The van der Waals surface area contributed by atoms with E-state index in [0.717, 1.165) is 5.56 Å². The number of aryl methyl sites for hydroxylation is 1. The maximum Gasteiger partial charge on any atom is 0.227 e. The Kier molecular flexibility index (Phi) is 2.40. The largest absolute Gasteiger partial charge is 0.443 e. The van der Waals surface area contributed by atoms with E-state index in [9.17, 15) is 9.18 Å². The minimum atomic E-state index is -0.410. The molecule has 2 aromatic rings. The standard InChI is InChI=1S/C13H11FN2O2/c1-16-11-5-10(14)9(12-6-15-7-18-12)4-8(11)2-3-13(16)17/h4-7H,2-3H2,1H3. The van der Waals surface area contributed by atoms with Gasteiger partial charge in [-0.15, -0.1) is 0 Å². The number of hydrogen-bond donors (Lipinski definition) is 0. The average molecular weight is 246 g/mol. The number of halogens is 1. The first-order valence-electron chi connectivity index (χ1n) is 5.64. The number of carbonyl (C=O) groups is 1. The van der Waals surface area contributed by atoms with Crippen molar-refractivity contribution in [2.45, 2.75) is 12.8 Å². The average Bonchev–Trinajstić information content (AvgIpc) is 2.88. The van der Waals surface area contributed by atoms with Gasteiger partial charge in [-0.1, -0.05) is 0 Å². The molecule has 0 unspecified atom stereocenters. The molecule has 1 aromatic heterocycles. The molecule has 0 N–H and O–H groups in total. The first-order chi connectivity index (χ1) is 8.66. The second kappa shape index (κ2) is 3.94. The van der Waals surface area contributed by atoms with Crippen LogP contribution in [0, 0.1) is 5.82 Å². The first-order valence-corrected chi connectivity index (χ1v) is 5.64. The Morgan fingerprint density at radius 2 is 2.22 bits per heavy atom. The number of nitrogens with zero attached hydrogens (tertiary/aromatic N) is 2. The lowest BCUT2D eigenvalue weighted by molar-refractivity contribution is -0.118. The summed E-state index contributed by atoms with van der Waals surface area (Å²) in [6, 6.07) is 3.11. The molecule has 0 saturated heterocycles. The summed E-state index contributed by atoms with van der Waals surface area (Å²) in [6.07, 6.45) is 3.82. The van der Waals surface area contributed by atoms with Gasteiger partial charge in [0.2, 0.25) is 5.91 Å². The molecule has 4 nitrogen and oxygen atoms in total. The van der Waals surface area contributed by atoms with Gasteiger partial charge in [0, 0.05) is 19.2 Å². The van der Waals surface area contributed by atoms with Crippen molar-refractivity contribution in [2.75, 3.05) is 11.9 Å². The second-order valence-corrected chi connectivity index (χ2v) is 4.28. The minimum Gasteiger partial charge on any atom is -0.443 e. The third kappa shape index (κ3) is 1.59. The minimum absolute atomic E-state index is 0.00863. The lowest BCUT2D eigenvalue weighted by atomic mass is 9.98. The van der Waals surface area contributed by atoms with E-state index in [0.29, 0.717) is 29.9 Å². The zero-order valence-corrected chi connectivity index (χ0v) is 9.81. The third-order valence-electron chi connectivity index (χ3n) is 3.21. The zero-order chi connectivity index (χ0) is 12.7. The SMILES string of the molecule is CN1C(=O)CCc2cc(-c3cnco3)c(F)cc21. The van der Waals surface area contributed by atoms with E-state index in [1.807, 2.05) is 0 Å². The van der Waals surface area contributed by atoms with Gasteiger partial charge in [-0.05, 0) is 24.1 Å². The van der Waals surface area contributed by atoms with Crippen molar-refractivity contribution < 1.29 is 13.6 Å². The maximum absolute atomic E-state index is 14.0. The van der Waals surface area contributed by atoms with Crippen LogP contribution in [0.2, 0.25) is 0 Å². The number of fused-ring (bicyclic) bond motifs is 1. The number of aromatic nitrogens is 1. The van der Waals surface area contributed by atoms with Crippen molar-refractivity contribution in [2.24, 2.45) is 0 Å². The molecule has 3 rings (SSSR count). The van der Waals surface area contributed by atoms with Crippen LogP contribution >= 0.6 is 0 Å². The molecular formula is C13H11FN2O2. The van der Waals surface area contributed by atoms with Crippen molar-refractivity contribution in [3.63, 3.8) is 0 Å². The first kappa shape index (κ1) is 11.0. The van der Waals surface area contributed by atoms with Crippen molar-refractivity contribution in [3.8, 4) is 11.3 Å². The van der Waals surface area contributed by atoms with Gasteiger partial charge in [0.1, 0.15) is 5.82 Å². The maximum atomic E-state index is 14.0. The smallest absolute Gasteiger partial charge is 0.227 e. The van der Waals surface area contributed by atoms with Gasteiger partial charge in [-0.3, -0.25) is 4.79 Å². The Bertz CT molecular complexity index is 608. The lowest BCUT2D eigenvalue weighted by Crippen LogP contribution is -2.31. The van der Waals surface area contributed by atoms with Crippen LogP contribution in [0.1, 0.15) is 12.0 Å². The van der Waals surface area contributed by atoms with Crippen LogP contribution in [0.25, 0.3) is 11.3 Å². The normalized spacial score (nSPS) is 14.8. The molecule has 1 aliphatic rings. The van der Waals surface area contributed by atoms with Crippen LogP contribution < -0.4 is 4.90 Å². The van der Waals surface area contributed by atoms with Crippen LogP contribution in [0.15, 0.2) is 29.1 Å². The second-order valence-electron chi connectivity index (χ2n) is 4.28. The third-order valence-corrected chi connectivity index (χ3v) is 3.21. The van der Waals surface area contributed by atoms with Crippen LogP contribution in [-0.2, 0) is 11.2 Å². The van der Waals surface area contributed by atoms with E-state index in [1.54, 1.807) is 13.1 Å². The van der Waals surface area contributed by atoms with E-state index in [1.165, 1.54) is 23.6 Å². The van der Waals surface area contributed by atoms with Crippen molar-refractivity contribution >= 4 is 11.6 Å². The highest BCUT2D eigenvalue weighted by Crippen LogP contribution is 2.33. The Hall–Kier alpha value is -2.17. The van der Waals surface area contributed by atoms with Crippen LogP contribution in [0.4, 0.5) is 10.1 Å². The monoisotopic (exact) mass is 246 g/mol. The van der Waals surface area contributed by atoms with E-state index in [4.69, 9.17) is 4.42 Å². The molecule has 1 amide bonds. The van der Waals surface area contributed by atoms with Crippen molar-refractivity contribution in [1.82, 2.24) is 4.98 Å².